The Morgan fingerprint density at radius 3 is 2.69 bits per heavy atom. The molecule has 29 heavy (non-hydrogen) atoms. The number of carbonyl (C=O) groups excluding carboxylic acids is 1. The van der Waals surface area contributed by atoms with Crippen molar-refractivity contribution in [3.05, 3.63) is 40.7 Å². The summed E-state index contributed by atoms with van der Waals surface area (Å²) < 4.78 is 7.18. The van der Waals surface area contributed by atoms with Crippen LogP contribution in [-0.2, 0) is 24.1 Å². The molecule has 0 saturated carbocycles. The first kappa shape index (κ1) is 18.1. The zero-order chi connectivity index (χ0) is 20.0. The summed E-state index contributed by atoms with van der Waals surface area (Å²) in [4.78, 5) is 21.7. The number of nitrogens with zero attached hydrogens (tertiary/aromatic N) is 6. The molecule has 5 rings (SSSR count). The van der Waals surface area contributed by atoms with Crippen molar-refractivity contribution in [1.29, 1.82) is 0 Å². The number of carbonyl (C=O) groups is 1. The molecule has 3 aromatic rings. The minimum absolute atomic E-state index is 0.131. The second kappa shape index (κ2) is 7.17. The fourth-order valence-corrected chi connectivity index (χ4v) is 4.56. The summed E-state index contributed by atoms with van der Waals surface area (Å²) in [6, 6.07) is 0. The molecule has 0 atom stereocenters. The predicted molar refractivity (Wildman–Crippen MR) is 108 cm³/mol. The van der Waals surface area contributed by atoms with Crippen LogP contribution in [-0.4, -0.2) is 56.7 Å². The monoisotopic (exact) mass is 394 g/mol. The van der Waals surface area contributed by atoms with Crippen LogP contribution in [0.3, 0.4) is 0 Å². The van der Waals surface area contributed by atoms with Gasteiger partial charge in [-0.05, 0) is 39.5 Å². The van der Waals surface area contributed by atoms with Crippen molar-refractivity contribution in [1.82, 2.24) is 24.7 Å². The predicted octanol–water partition coefficient (Wildman–Crippen LogP) is 2.10. The molecule has 8 heteroatoms. The van der Waals surface area contributed by atoms with Crippen LogP contribution in [0.15, 0.2) is 16.9 Å². The van der Waals surface area contributed by atoms with Gasteiger partial charge in [-0.25, -0.2) is 9.50 Å². The summed E-state index contributed by atoms with van der Waals surface area (Å²) in [6.45, 7) is 6.69. The van der Waals surface area contributed by atoms with Crippen molar-refractivity contribution in [2.45, 2.75) is 46.0 Å². The van der Waals surface area contributed by atoms with E-state index >= 15 is 0 Å². The van der Waals surface area contributed by atoms with Crippen LogP contribution in [0.25, 0.3) is 5.52 Å². The van der Waals surface area contributed by atoms with Gasteiger partial charge in [-0.1, -0.05) is 5.16 Å². The average Bonchev–Trinajstić information content (AvgIpc) is 3.28. The van der Waals surface area contributed by atoms with E-state index < -0.39 is 0 Å². The Labute approximate surface area is 169 Å². The Balaban J connectivity index is 1.32. The maximum absolute atomic E-state index is 12.8. The molecule has 3 aromatic heterocycles. The minimum atomic E-state index is 0.131. The Kier molecular flexibility index (Phi) is 4.49. The molecule has 0 N–H and O–H groups in total. The second-order valence-electron chi connectivity index (χ2n) is 8.02. The van der Waals surface area contributed by atoms with Crippen molar-refractivity contribution >= 4 is 17.2 Å². The highest BCUT2D eigenvalue weighted by atomic mass is 16.5. The second-order valence-corrected chi connectivity index (χ2v) is 8.02. The van der Waals surface area contributed by atoms with E-state index in [-0.39, 0.29) is 5.91 Å². The van der Waals surface area contributed by atoms with Gasteiger partial charge in [0.25, 0.3) is 0 Å². The maximum atomic E-state index is 12.8. The molecule has 0 bridgehead atoms. The fraction of sp³-hybridized carbons (Fsp3) is 0.524. The SMILES string of the molecule is Cc1noc(C)c1CC(=O)N1CCN(c2nccn3nc4c(c23)CCCC4)CC1. The lowest BCUT2D eigenvalue weighted by atomic mass is 9.97. The van der Waals surface area contributed by atoms with Gasteiger partial charge in [-0.2, -0.15) is 5.10 Å². The molecule has 8 nitrogen and oxygen atoms in total. The molecule has 0 aromatic carbocycles. The van der Waals surface area contributed by atoms with E-state index in [1.165, 1.54) is 24.1 Å². The Morgan fingerprint density at radius 2 is 1.93 bits per heavy atom. The first-order chi connectivity index (χ1) is 14.1. The van der Waals surface area contributed by atoms with E-state index in [2.05, 4.69) is 10.1 Å². The topological polar surface area (TPSA) is 79.8 Å². The zero-order valence-electron chi connectivity index (χ0n) is 17.0. The van der Waals surface area contributed by atoms with Crippen molar-refractivity contribution in [2.75, 3.05) is 31.1 Å². The van der Waals surface area contributed by atoms with Gasteiger partial charge in [0.05, 0.1) is 17.8 Å². The van der Waals surface area contributed by atoms with E-state index in [0.29, 0.717) is 19.5 Å². The van der Waals surface area contributed by atoms with Crippen LogP contribution in [0.4, 0.5) is 5.82 Å². The lowest BCUT2D eigenvalue weighted by Crippen LogP contribution is -2.49. The number of hydrogen-bond donors (Lipinski definition) is 0. The standard InChI is InChI=1S/C21H26N6O2/c1-14-17(15(2)29-24-14)13-19(28)25-9-11-26(12-10-25)21-20-16-5-3-4-6-18(16)23-27(20)8-7-22-21/h7-8H,3-6,9-13H2,1-2H3. The van der Waals surface area contributed by atoms with Gasteiger partial charge < -0.3 is 14.3 Å². The molecule has 1 fully saturated rings. The highest BCUT2D eigenvalue weighted by molar-refractivity contribution is 5.80. The molecule has 1 amide bonds. The van der Waals surface area contributed by atoms with Crippen LogP contribution in [0.2, 0.25) is 0 Å². The maximum Gasteiger partial charge on any atom is 0.227 e. The molecule has 0 spiro atoms. The van der Waals surface area contributed by atoms with Crippen LogP contribution < -0.4 is 4.90 Å². The lowest BCUT2D eigenvalue weighted by molar-refractivity contribution is -0.130. The van der Waals surface area contributed by atoms with Gasteiger partial charge in [0, 0.05) is 49.7 Å². The van der Waals surface area contributed by atoms with Crippen LogP contribution in [0.1, 0.15) is 41.1 Å². The van der Waals surface area contributed by atoms with Gasteiger partial charge in [-0.3, -0.25) is 4.79 Å². The quantitative estimate of drug-likeness (QED) is 0.677. The Morgan fingerprint density at radius 1 is 1.14 bits per heavy atom. The number of fused-ring (bicyclic) bond motifs is 3. The van der Waals surface area contributed by atoms with Crippen molar-refractivity contribution in [3.63, 3.8) is 0 Å². The smallest absolute Gasteiger partial charge is 0.227 e. The largest absolute Gasteiger partial charge is 0.361 e. The normalized spacial score (nSPS) is 17.0. The summed E-state index contributed by atoms with van der Waals surface area (Å²) in [5.74, 6) is 1.86. The summed E-state index contributed by atoms with van der Waals surface area (Å²) in [5, 5.41) is 8.74. The highest BCUT2D eigenvalue weighted by Crippen LogP contribution is 2.30. The van der Waals surface area contributed by atoms with E-state index in [1.807, 2.05) is 35.7 Å². The summed E-state index contributed by atoms with van der Waals surface area (Å²) in [5.41, 5.74) is 5.44. The number of rotatable bonds is 3. The third-order valence-electron chi connectivity index (χ3n) is 6.24. The third-order valence-corrected chi connectivity index (χ3v) is 6.24. The van der Waals surface area contributed by atoms with Gasteiger partial charge in [0.15, 0.2) is 5.82 Å². The molecule has 0 radical (unpaired) electrons. The summed E-state index contributed by atoms with van der Waals surface area (Å²) in [7, 11) is 0. The lowest BCUT2D eigenvalue weighted by Gasteiger charge is -2.35. The number of anilines is 1. The van der Waals surface area contributed by atoms with Crippen LogP contribution >= 0.6 is 0 Å². The molecule has 2 aliphatic rings. The molecule has 1 saturated heterocycles. The number of piperazine rings is 1. The van der Waals surface area contributed by atoms with Crippen LogP contribution in [0, 0.1) is 13.8 Å². The van der Waals surface area contributed by atoms with Crippen molar-refractivity contribution < 1.29 is 9.32 Å². The van der Waals surface area contributed by atoms with E-state index in [1.54, 1.807) is 0 Å². The zero-order valence-corrected chi connectivity index (χ0v) is 17.0. The van der Waals surface area contributed by atoms with Crippen LogP contribution in [0.5, 0.6) is 0 Å². The Bertz CT molecular complexity index is 1040. The van der Waals surface area contributed by atoms with Gasteiger partial charge in [0.2, 0.25) is 5.91 Å². The molecular weight excluding hydrogens is 368 g/mol. The van der Waals surface area contributed by atoms with Gasteiger partial charge in [-0.15, -0.1) is 0 Å². The number of amides is 1. The van der Waals surface area contributed by atoms with Crippen molar-refractivity contribution in [2.24, 2.45) is 0 Å². The molecule has 1 aliphatic carbocycles. The minimum Gasteiger partial charge on any atom is -0.361 e. The number of aryl methyl sites for hydroxylation is 4. The molecule has 1 aliphatic heterocycles. The average molecular weight is 394 g/mol. The van der Waals surface area contributed by atoms with E-state index in [4.69, 9.17) is 14.6 Å². The molecular formula is C21H26N6O2. The third kappa shape index (κ3) is 3.16. The highest BCUT2D eigenvalue weighted by Gasteiger charge is 2.27. The molecule has 152 valence electrons. The fourth-order valence-electron chi connectivity index (χ4n) is 4.56. The summed E-state index contributed by atoms with van der Waals surface area (Å²) >= 11 is 0. The Hall–Kier alpha value is -2.90. The molecule has 0 unspecified atom stereocenters. The number of hydrogen-bond acceptors (Lipinski definition) is 6. The van der Waals surface area contributed by atoms with Gasteiger partial charge >= 0.3 is 0 Å². The van der Waals surface area contributed by atoms with E-state index in [0.717, 1.165) is 54.3 Å². The van der Waals surface area contributed by atoms with Gasteiger partial charge in [0.1, 0.15) is 11.3 Å². The van der Waals surface area contributed by atoms with E-state index in [9.17, 15) is 4.79 Å². The molecule has 4 heterocycles. The first-order valence-electron chi connectivity index (χ1n) is 10.4. The number of aromatic nitrogens is 4. The summed E-state index contributed by atoms with van der Waals surface area (Å²) in [6.07, 6.45) is 8.69. The van der Waals surface area contributed by atoms with Crippen molar-refractivity contribution in [3.8, 4) is 0 Å². The first-order valence-corrected chi connectivity index (χ1v) is 10.4.